The highest BCUT2D eigenvalue weighted by molar-refractivity contribution is 8.03. The van der Waals surface area contributed by atoms with Crippen LogP contribution in [0.15, 0.2) is 143 Å². The molecule has 1 heterocycles. The van der Waals surface area contributed by atoms with Gasteiger partial charge in [0.2, 0.25) is 5.91 Å². The molecule has 0 saturated carbocycles. The van der Waals surface area contributed by atoms with Crippen molar-refractivity contribution < 1.29 is 18.0 Å². The number of aryl methyl sites for hydroxylation is 2. The number of aromatic nitrogens is 1. The third kappa shape index (κ3) is 7.68. The molecule has 1 unspecified atom stereocenters. The van der Waals surface area contributed by atoms with Gasteiger partial charge in [-0.15, -0.1) is 11.3 Å². The molecule has 0 radical (unpaired) electrons. The number of Topliss-reactive ketones (excluding diaryl/α,β-unsaturated/α-hetero) is 1. The van der Waals surface area contributed by atoms with Crippen molar-refractivity contribution >= 4 is 66.4 Å². The molecule has 0 fully saturated rings. The number of sulfonamides is 1. The summed E-state index contributed by atoms with van der Waals surface area (Å²) in [7, 11) is -4.06. The standard InChI is InChI=1S/C38H33N3O4S3/c1-27-22-24-31(25-23-27)41(26-12-15-28-13-5-2-6-14-28)48(44,45)33-21-11-20-32-34(33)40-38(46-32)47-36(35(42)29-16-7-3-8-17-29)37(43)39-30-18-9-4-10-19-30/h2-11,13-14,16-25,36H,12,15,26H2,1H3,(H,39,43). The van der Waals surface area contributed by atoms with Gasteiger partial charge in [0.25, 0.3) is 10.0 Å². The van der Waals surface area contributed by atoms with Gasteiger partial charge in [0.05, 0.1) is 10.4 Å². The Morgan fingerprint density at radius 1 is 0.812 bits per heavy atom. The Morgan fingerprint density at radius 2 is 1.46 bits per heavy atom. The summed E-state index contributed by atoms with van der Waals surface area (Å²) in [6.07, 6.45) is 1.34. The molecule has 0 saturated heterocycles. The largest absolute Gasteiger partial charge is 0.325 e. The first-order valence-electron chi connectivity index (χ1n) is 15.4. The zero-order valence-electron chi connectivity index (χ0n) is 26.2. The van der Waals surface area contributed by atoms with Gasteiger partial charge in [-0.3, -0.25) is 13.9 Å². The van der Waals surface area contributed by atoms with E-state index in [1.165, 1.54) is 15.6 Å². The number of benzene rings is 5. The zero-order chi connectivity index (χ0) is 33.5. The van der Waals surface area contributed by atoms with Crippen LogP contribution in [0.3, 0.4) is 0 Å². The lowest BCUT2D eigenvalue weighted by Gasteiger charge is -2.25. The Morgan fingerprint density at radius 3 is 2.15 bits per heavy atom. The number of amides is 1. The zero-order valence-corrected chi connectivity index (χ0v) is 28.6. The second-order valence-corrected chi connectivity index (χ2v) is 15.4. The van der Waals surface area contributed by atoms with Crippen molar-refractivity contribution in [3.05, 3.63) is 150 Å². The van der Waals surface area contributed by atoms with Gasteiger partial charge in [0.1, 0.15) is 10.4 Å². The van der Waals surface area contributed by atoms with Gasteiger partial charge >= 0.3 is 0 Å². The van der Waals surface area contributed by atoms with Crippen LogP contribution < -0.4 is 9.62 Å². The Bertz CT molecular complexity index is 2120. The normalized spacial score (nSPS) is 12.0. The highest BCUT2D eigenvalue weighted by Crippen LogP contribution is 2.37. The van der Waals surface area contributed by atoms with Crippen LogP contribution in [0.5, 0.6) is 0 Å². The van der Waals surface area contributed by atoms with Crippen molar-refractivity contribution in [2.24, 2.45) is 0 Å². The number of anilines is 2. The molecule has 1 amide bonds. The minimum Gasteiger partial charge on any atom is -0.325 e. The summed E-state index contributed by atoms with van der Waals surface area (Å²) < 4.78 is 31.5. The summed E-state index contributed by atoms with van der Waals surface area (Å²) >= 11 is 2.27. The van der Waals surface area contributed by atoms with Crippen molar-refractivity contribution in [1.29, 1.82) is 0 Å². The minimum atomic E-state index is -4.06. The SMILES string of the molecule is Cc1ccc(N(CCCc2ccccc2)S(=O)(=O)c2cccc3sc(SC(C(=O)Nc4ccccc4)C(=O)c4ccccc4)nc23)cc1. The molecular formula is C38H33N3O4S3. The molecule has 0 aliphatic heterocycles. The lowest BCUT2D eigenvalue weighted by molar-refractivity contribution is -0.115. The summed E-state index contributed by atoms with van der Waals surface area (Å²) in [5.41, 5.74) is 4.00. The smallest absolute Gasteiger partial charge is 0.266 e. The number of nitrogens with one attached hydrogen (secondary N) is 1. The van der Waals surface area contributed by atoms with Crippen molar-refractivity contribution in [3.63, 3.8) is 0 Å². The van der Waals surface area contributed by atoms with E-state index in [1.807, 2.05) is 67.6 Å². The maximum absolute atomic E-state index is 14.5. The molecule has 6 rings (SSSR count). The molecule has 0 aliphatic carbocycles. The fourth-order valence-electron chi connectivity index (χ4n) is 5.26. The third-order valence-electron chi connectivity index (χ3n) is 7.72. The number of carbonyl (C=O) groups is 2. The molecule has 0 bridgehead atoms. The molecule has 6 aromatic rings. The molecule has 1 aromatic heterocycles. The topological polar surface area (TPSA) is 96.4 Å². The maximum Gasteiger partial charge on any atom is 0.266 e. The third-order valence-corrected chi connectivity index (χ3v) is 11.9. The van der Waals surface area contributed by atoms with Crippen molar-refractivity contribution in [3.8, 4) is 0 Å². The highest BCUT2D eigenvalue weighted by atomic mass is 32.2. The quantitative estimate of drug-likeness (QED) is 0.0742. The van der Waals surface area contributed by atoms with Crippen molar-refractivity contribution in [2.75, 3.05) is 16.2 Å². The van der Waals surface area contributed by atoms with Gasteiger partial charge < -0.3 is 5.32 Å². The minimum absolute atomic E-state index is 0.0723. The van der Waals surface area contributed by atoms with Crippen LogP contribution in [0.2, 0.25) is 0 Å². The number of nitrogens with zero attached hydrogens (tertiary/aromatic N) is 2. The van der Waals surface area contributed by atoms with E-state index in [0.29, 0.717) is 37.9 Å². The summed E-state index contributed by atoms with van der Waals surface area (Å²) in [5, 5.41) is 1.69. The van der Waals surface area contributed by atoms with Crippen LogP contribution in [-0.2, 0) is 21.2 Å². The Hall–Kier alpha value is -4.77. The van der Waals surface area contributed by atoms with Crippen LogP contribution >= 0.6 is 23.1 Å². The number of rotatable bonds is 13. The average molecular weight is 692 g/mol. The van der Waals surface area contributed by atoms with E-state index in [2.05, 4.69) is 5.32 Å². The van der Waals surface area contributed by atoms with Crippen LogP contribution in [0, 0.1) is 6.92 Å². The van der Waals surface area contributed by atoms with E-state index in [-0.39, 0.29) is 17.2 Å². The van der Waals surface area contributed by atoms with Crippen LogP contribution in [0.25, 0.3) is 10.2 Å². The summed E-state index contributed by atoms with van der Waals surface area (Å²) in [4.78, 5) is 32.1. The van der Waals surface area contributed by atoms with Crippen LogP contribution in [0.4, 0.5) is 11.4 Å². The number of hydrogen-bond acceptors (Lipinski definition) is 7. The number of thioether (sulfide) groups is 1. The fourth-order valence-corrected chi connectivity index (χ4v) is 9.21. The van der Waals surface area contributed by atoms with E-state index in [0.717, 1.165) is 29.3 Å². The molecule has 7 nitrogen and oxygen atoms in total. The number of ketones is 1. The van der Waals surface area contributed by atoms with Crippen LogP contribution in [0.1, 0.15) is 27.9 Å². The molecule has 10 heteroatoms. The van der Waals surface area contributed by atoms with Crippen LogP contribution in [-0.4, -0.2) is 36.9 Å². The van der Waals surface area contributed by atoms with E-state index >= 15 is 0 Å². The number of para-hydroxylation sites is 2. The lowest BCUT2D eigenvalue weighted by atomic mass is 10.1. The average Bonchev–Trinajstić information content (AvgIpc) is 3.53. The Kier molecular flexibility index (Phi) is 10.3. The number of hydrogen-bond donors (Lipinski definition) is 1. The Labute approximate surface area is 288 Å². The first kappa shape index (κ1) is 33.1. The first-order valence-corrected chi connectivity index (χ1v) is 18.6. The van der Waals surface area contributed by atoms with Crippen molar-refractivity contribution in [2.45, 2.75) is 34.3 Å². The second kappa shape index (κ2) is 15.0. The molecule has 0 spiro atoms. The Balaban J connectivity index is 1.33. The lowest BCUT2D eigenvalue weighted by Crippen LogP contribution is -2.32. The summed E-state index contributed by atoms with van der Waals surface area (Å²) in [5.74, 6) is -0.860. The van der Waals surface area contributed by atoms with E-state index in [9.17, 15) is 18.0 Å². The highest BCUT2D eigenvalue weighted by Gasteiger charge is 2.32. The molecule has 5 aromatic carbocycles. The predicted octanol–water partition coefficient (Wildman–Crippen LogP) is 8.42. The van der Waals surface area contributed by atoms with Gasteiger partial charge in [0, 0.05) is 17.8 Å². The van der Waals surface area contributed by atoms with E-state index in [4.69, 9.17) is 4.98 Å². The summed E-state index contributed by atoms with van der Waals surface area (Å²) in [6, 6.07) is 40.1. The van der Waals surface area contributed by atoms with E-state index < -0.39 is 21.2 Å². The molecule has 0 aliphatic rings. The number of thiazole rings is 1. The number of fused-ring (bicyclic) bond motifs is 1. The van der Waals surface area contributed by atoms with Gasteiger partial charge in [-0.05, 0) is 61.7 Å². The van der Waals surface area contributed by atoms with E-state index in [1.54, 1.807) is 72.8 Å². The molecule has 1 N–H and O–H groups in total. The van der Waals surface area contributed by atoms with Gasteiger partial charge in [-0.1, -0.05) is 114 Å². The molecular weight excluding hydrogens is 659 g/mol. The summed E-state index contributed by atoms with van der Waals surface area (Å²) in [6.45, 7) is 2.23. The van der Waals surface area contributed by atoms with Gasteiger partial charge in [-0.25, -0.2) is 13.4 Å². The molecule has 242 valence electrons. The van der Waals surface area contributed by atoms with Crippen molar-refractivity contribution in [1.82, 2.24) is 4.98 Å². The first-order chi connectivity index (χ1) is 23.3. The predicted molar refractivity (Wildman–Crippen MR) is 196 cm³/mol. The van der Waals surface area contributed by atoms with Gasteiger partial charge in [-0.2, -0.15) is 0 Å². The second-order valence-electron chi connectivity index (χ2n) is 11.2. The fraction of sp³-hybridized carbons (Fsp3) is 0.132. The van der Waals surface area contributed by atoms with Gasteiger partial charge in [0.15, 0.2) is 15.4 Å². The molecule has 48 heavy (non-hydrogen) atoms. The maximum atomic E-state index is 14.5. The molecule has 1 atom stereocenters. The monoisotopic (exact) mass is 691 g/mol. The number of carbonyl (C=O) groups excluding carboxylic acids is 2.